The van der Waals surface area contributed by atoms with Crippen molar-refractivity contribution < 1.29 is 4.39 Å². The van der Waals surface area contributed by atoms with Gasteiger partial charge in [0.1, 0.15) is 5.82 Å². The highest BCUT2D eigenvalue weighted by molar-refractivity contribution is 5.27. The molecule has 0 fully saturated rings. The van der Waals surface area contributed by atoms with Gasteiger partial charge in [0.2, 0.25) is 0 Å². The summed E-state index contributed by atoms with van der Waals surface area (Å²) in [5, 5.41) is 3.04. The second-order valence-corrected chi connectivity index (χ2v) is 2.88. The van der Waals surface area contributed by atoms with E-state index in [4.69, 9.17) is 0 Å². The Morgan fingerprint density at radius 3 is 2.83 bits per heavy atom. The zero-order chi connectivity index (χ0) is 8.97. The Bertz CT molecular complexity index is 258. The largest absolute Gasteiger partial charge is 0.319 e. The average Bonchev–Trinajstić information content (AvgIpc) is 2.08. The lowest BCUT2D eigenvalue weighted by Gasteiger charge is -2.05. The smallest absolute Gasteiger partial charge is 0.126 e. The van der Waals surface area contributed by atoms with Crippen molar-refractivity contribution in [2.24, 2.45) is 0 Å². The fraction of sp³-hybridized carbons (Fsp3) is 0.400. The third kappa shape index (κ3) is 2.05. The van der Waals surface area contributed by atoms with E-state index in [-0.39, 0.29) is 5.82 Å². The molecule has 0 aromatic heterocycles. The van der Waals surface area contributed by atoms with Crippen LogP contribution in [0.1, 0.15) is 11.1 Å². The molecule has 12 heavy (non-hydrogen) atoms. The lowest BCUT2D eigenvalue weighted by molar-refractivity contribution is 0.614. The fourth-order valence-electron chi connectivity index (χ4n) is 1.18. The van der Waals surface area contributed by atoms with E-state index in [0.29, 0.717) is 0 Å². The third-order valence-corrected chi connectivity index (χ3v) is 2.02. The Labute approximate surface area is 72.6 Å². The minimum absolute atomic E-state index is 0.108. The van der Waals surface area contributed by atoms with E-state index in [9.17, 15) is 4.39 Å². The van der Waals surface area contributed by atoms with Crippen molar-refractivity contribution in [3.05, 3.63) is 35.1 Å². The molecule has 1 aromatic carbocycles. The monoisotopic (exact) mass is 167 g/mol. The quantitative estimate of drug-likeness (QED) is 0.725. The van der Waals surface area contributed by atoms with Gasteiger partial charge in [-0.15, -0.1) is 0 Å². The Balaban J connectivity index is 2.78. The maximum Gasteiger partial charge on any atom is 0.126 e. The maximum atomic E-state index is 13.0. The summed E-state index contributed by atoms with van der Waals surface area (Å²) < 4.78 is 13.0. The molecule has 0 aliphatic rings. The first-order valence-electron chi connectivity index (χ1n) is 4.14. The van der Waals surface area contributed by atoms with Gasteiger partial charge in [0.15, 0.2) is 0 Å². The Kier molecular flexibility index (Phi) is 3.23. The number of benzene rings is 1. The third-order valence-electron chi connectivity index (χ3n) is 2.02. The van der Waals surface area contributed by atoms with Crippen LogP contribution in [0.25, 0.3) is 0 Å². The van der Waals surface area contributed by atoms with E-state index < -0.39 is 0 Å². The van der Waals surface area contributed by atoms with Crippen LogP contribution in [-0.2, 0) is 6.42 Å². The van der Waals surface area contributed by atoms with Crippen LogP contribution in [0.3, 0.4) is 0 Å². The van der Waals surface area contributed by atoms with Crippen LogP contribution in [-0.4, -0.2) is 13.6 Å². The number of hydrogen-bond acceptors (Lipinski definition) is 1. The molecule has 0 saturated heterocycles. The predicted molar refractivity (Wildman–Crippen MR) is 48.8 cm³/mol. The van der Waals surface area contributed by atoms with Crippen LogP contribution in [0, 0.1) is 12.7 Å². The maximum absolute atomic E-state index is 13.0. The molecule has 1 rings (SSSR count). The summed E-state index contributed by atoms with van der Waals surface area (Å²) >= 11 is 0. The standard InChI is InChI=1S/C10H14FN/c1-8-9(6-7-12-2)4-3-5-10(8)11/h3-5,12H,6-7H2,1-2H3. The van der Waals surface area contributed by atoms with Gasteiger partial charge in [-0.2, -0.15) is 0 Å². The van der Waals surface area contributed by atoms with E-state index in [2.05, 4.69) is 5.32 Å². The second-order valence-electron chi connectivity index (χ2n) is 2.88. The van der Waals surface area contributed by atoms with Crippen molar-refractivity contribution in [1.29, 1.82) is 0 Å². The van der Waals surface area contributed by atoms with Gasteiger partial charge in [-0.1, -0.05) is 12.1 Å². The van der Waals surface area contributed by atoms with E-state index in [1.165, 1.54) is 6.07 Å². The zero-order valence-corrected chi connectivity index (χ0v) is 7.52. The van der Waals surface area contributed by atoms with E-state index in [1.807, 2.05) is 20.0 Å². The van der Waals surface area contributed by atoms with Gasteiger partial charge >= 0.3 is 0 Å². The van der Waals surface area contributed by atoms with E-state index >= 15 is 0 Å². The van der Waals surface area contributed by atoms with E-state index in [0.717, 1.165) is 24.1 Å². The lowest BCUT2D eigenvalue weighted by atomic mass is 10.1. The molecule has 0 atom stereocenters. The van der Waals surface area contributed by atoms with Crippen LogP contribution < -0.4 is 5.32 Å². The van der Waals surface area contributed by atoms with Gasteiger partial charge in [-0.05, 0) is 44.1 Å². The minimum Gasteiger partial charge on any atom is -0.319 e. The van der Waals surface area contributed by atoms with Gasteiger partial charge in [0, 0.05) is 0 Å². The molecule has 0 saturated carbocycles. The topological polar surface area (TPSA) is 12.0 Å². The SMILES string of the molecule is CNCCc1cccc(F)c1C. The van der Waals surface area contributed by atoms with Crippen LogP contribution in [0.15, 0.2) is 18.2 Å². The highest BCUT2D eigenvalue weighted by Gasteiger charge is 2.01. The van der Waals surface area contributed by atoms with Crippen molar-refractivity contribution in [2.75, 3.05) is 13.6 Å². The molecule has 0 radical (unpaired) electrons. The van der Waals surface area contributed by atoms with Gasteiger partial charge in [0.05, 0.1) is 0 Å². The number of hydrogen-bond donors (Lipinski definition) is 1. The number of halogens is 1. The molecular weight excluding hydrogens is 153 g/mol. The lowest BCUT2D eigenvalue weighted by Crippen LogP contribution is -2.11. The zero-order valence-electron chi connectivity index (χ0n) is 7.52. The minimum atomic E-state index is -0.108. The van der Waals surface area contributed by atoms with Crippen molar-refractivity contribution >= 4 is 0 Å². The molecule has 1 N–H and O–H groups in total. The molecule has 0 amide bonds. The average molecular weight is 167 g/mol. The van der Waals surface area contributed by atoms with E-state index in [1.54, 1.807) is 6.07 Å². The summed E-state index contributed by atoms with van der Waals surface area (Å²) in [6, 6.07) is 5.22. The highest BCUT2D eigenvalue weighted by Crippen LogP contribution is 2.11. The van der Waals surface area contributed by atoms with Gasteiger partial charge in [-0.25, -0.2) is 4.39 Å². The van der Waals surface area contributed by atoms with Gasteiger partial charge in [0.25, 0.3) is 0 Å². The van der Waals surface area contributed by atoms with Crippen molar-refractivity contribution in [3.8, 4) is 0 Å². The molecule has 0 heterocycles. The molecule has 1 aromatic rings. The molecular formula is C10H14FN. The van der Waals surface area contributed by atoms with Crippen LogP contribution >= 0.6 is 0 Å². The fourth-order valence-corrected chi connectivity index (χ4v) is 1.18. The number of rotatable bonds is 3. The molecule has 2 heteroatoms. The van der Waals surface area contributed by atoms with Gasteiger partial charge < -0.3 is 5.32 Å². The summed E-state index contributed by atoms with van der Waals surface area (Å²) in [4.78, 5) is 0. The van der Waals surface area contributed by atoms with Crippen LogP contribution in [0.5, 0.6) is 0 Å². The first-order valence-corrected chi connectivity index (χ1v) is 4.14. The van der Waals surface area contributed by atoms with Crippen LogP contribution in [0.2, 0.25) is 0 Å². The van der Waals surface area contributed by atoms with Crippen LogP contribution in [0.4, 0.5) is 4.39 Å². The summed E-state index contributed by atoms with van der Waals surface area (Å²) in [6.07, 6.45) is 0.889. The Morgan fingerprint density at radius 1 is 1.42 bits per heavy atom. The second kappa shape index (κ2) is 4.21. The first kappa shape index (κ1) is 9.20. The molecule has 0 aliphatic carbocycles. The predicted octanol–water partition coefficient (Wildman–Crippen LogP) is 1.90. The Hall–Kier alpha value is -0.890. The molecule has 0 unspecified atom stereocenters. The normalized spacial score (nSPS) is 10.2. The summed E-state index contributed by atoms with van der Waals surface area (Å²) in [5.41, 5.74) is 1.86. The van der Waals surface area contributed by atoms with Crippen molar-refractivity contribution in [1.82, 2.24) is 5.32 Å². The summed E-state index contributed by atoms with van der Waals surface area (Å²) in [5.74, 6) is -0.108. The molecule has 0 aliphatic heterocycles. The summed E-state index contributed by atoms with van der Waals surface area (Å²) in [7, 11) is 1.90. The van der Waals surface area contributed by atoms with Gasteiger partial charge in [-0.3, -0.25) is 0 Å². The van der Waals surface area contributed by atoms with Crippen molar-refractivity contribution in [3.63, 3.8) is 0 Å². The number of nitrogens with one attached hydrogen (secondary N) is 1. The van der Waals surface area contributed by atoms with Crippen molar-refractivity contribution in [2.45, 2.75) is 13.3 Å². The number of likely N-dealkylation sites (N-methyl/N-ethyl adjacent to an activating group) is 1. The molecule has 0 bridgehead atoms. The Morgan fingerprint density at radius 2 is 2.17 bits per heavy atom. The molecule has 66 valence electrons. The molecule has 1 nitrogen and oxygen atoms in total. The summed E-state index contributed by atoms with van der Waals surface area (Å²) in [6.45, 7) is 2.71. The molecule has 0 spiro atoms. The first-order chi connectivity index (χ1) is 5.75. The highest BCUT2D eigenvalue weighted by atomic mass is 19.1.